The fourth-order valence-electron chi connectivity index (χ4n) is 1.42. The fraction of sp³-hybridized carbons (Fsp3) is 0.333. The van der Waals surface area contributed by atoms with Crippen LogP contribution >= 0.6 is 0 Å². The maximum Gasteiger partial charge on any atom is 0.252 e. The van der Waals surface area contributed by atoms with E-state index in [1.165, 1.54) is 12.1 Å². The molecule has 1 atom stereocenters. The van der Waals surface area contributed by atoms with Crippen molar-refractivity contribution in [2.75, 3.05) is 0 Å². The first-order valence-electron chi connectivity index (χ1n) is 5.51. The summed E-state index contributed by atoms with van der Waals surface area (Å²) in [6.07, 6.45) is 1.29. The summed E-state index contributed by atoms with van der Waals surface area (Å²) in [5.41, 5.74) is 11.6. The Morgan fingerprint density at radius 2 is 1.76 bits per heavy atom. The second-order valence-electron chi connectivity index (χ2n) is 3.81. The van der Waals surface area contributed by atoms with Gasteiger partial charge in [0, 0.05) is 11.1 Å². The van der Waals surface area contributed by atoms with E-state index in [0.717, 1.165) is 12.8 Å². The van der Waals surface area contributed by atoms with Crippen molar-refractivity contribution in [3.63, 3.8) is 0 Å². The Balaban J connectivity index is 2.66. The second-order valence-corrected chi connectivity index (χ2v) is 3.81. The number of nitrogens with one attached hydrogen (secondary N) is 1. The highest BCUT2D eigenvalue weighted by Crippen LogP contribution is 2.04. The van der Waals surface area contributed by atoms with E-state index in [-0.39, 0.29) is 12.1 Å². The molecule has 0 aromatic heterocycles. The van der Waals surface area contributed by atoms with Gasteiger partial charge in [0.1, 0.15) is 0 Å². The second kappa shape index (κ2) is 6.00. The molecule has 92 valence electrons. The summed E-state index contributed by atoms with van der Waals surface area (Å²) < 4.78 is 0. The van der Waals surface area contributed by atoms with Crippen LogP contribution in [0.15, 0.2) is 24.3 Å². The van der Waals surface area contributed by atoms with Gasteiger partial charge in [0.05, 0.1) is 6.17 Å². The van der Waals surface area contributed by atoms with Crippen molar-refractivity contribution in [2.24, 2.45) is 11.5 Å². The normalized spacial score (nSPS) is 11.9. The average molecular weight is 235 g/mol. The number of rotatable bonds is 5. The first-order chi connectivity index (χ1) is 8.04. The summed E-state index contributed by atoms with van der Waals surface area (Å²) in [4.78, 5) is 22.6. The van der Waals surface area contributed by atoms with Crippen LogP contribution in [0.1, 0.15) is 40.5 Å². The highest BCUT2D eigenvalue weighted by Gasteiger charge is 2.09. The van der Waals surface area contributed by atoms with Crippen LogP contribution in [0, 0.1) is 0 Å². The van der Waals surface area contributed by atoms with E-state index >= 15 is 0 Å². The Morgan fingerprint density at radius 3 is 2.24 bits per heavy atom. The monoisotopic (exact) mass is 235 g/mol. The molecule has 17 heavy (non-hydrogen) atoms. The number of primary amides is 1. The number of amides is 2. The van der Waals surface area contributed by atoms with Crippen molar-refractivity contribution in [1.29, 1.82) is 0 Å². The molecule has 0 heterocycles. The van der Waals surface area contributed by atoms with Crippen LogP contribution in [0.2, 0.25) is 0 Å². The quantitative estimate of drug-likeness (QED) is 0.652. The molecule has 1 unspecified atom stereocenters. The van der Waals surface area contributed by atoms with E-state index < -0.39 is 5.91 Å². The van der Waals surface area contributed by atoms with E-state index in [2.05, 4.69) is 5.32 Å². The van der Waals surface area contributed by atoms with E-state index in [9.17, 15) is 9.59 Å². The van der Waals surface area contributed by atoms with Crippen molar-refractivity contribution in [3.05, 3.63) is 35.4 Å². The number of benzene rings is 1. The lowest BCUT2D eigenvalue weighted by Crippen LogP contribution is -2.41. The molecule has 5 N–H and O–H groups in total. The van der Waals surface area contributed by atoms with Gasteiger partial charge in [-0.15, -0.1) is 0 Å². The zero-order chi connectivity index (χ0) is 12.8. The number of carbonyl (C=O) groups is 2. The first kappa shape index (κ1) is 13.2. The Kier molecular flexibility index (Phi) is 4.66. The molecule has 1 rings (SSSR count). The van der Waals surface area contributed by atoms with E-state index in [4.69, 9.17) is 11.5 Å². The molecule has 0 spiro atoms. The van der Waals surface area contributed by atoms with E-state index in [0.29, 0.717) is 11.1 Å². The molecular weight excluding hydrogens is 218 g/mol. The van der Waals surface area contributed by atoms with E-state index in [1.807, 2.05) is 6.92 Å². The highest BCUT2D eigenvalue weighted by molar-refractivity contribution is 5.97. The minimum absolute atomic E-state index is 0.248. The molecule has 0 aliphatic rings. The van der Waals surface area contributed by atoms with Gasteiger partial charge in [0.25, 0.3) is 5.91 Å². The molecule has 0 fully saturated rings. The van der Waals surface area contributed by atoms with Crippen LogP contribution in [0.25, 0.3) is 0 Å². The Morgan fingerprint density at radius 1 is 1.24 bits per heavy atom. The molecule has 1 aromatic carbocycles. The lowest BCUT2D eigenvalue weighted by Gasteiger charge is -2.12. The molecule has 5 nitrogen and oxygen atoms in total. The van der Waals surface area contributed by atoms with Gasteiger partial charge in [-0.05, 0) is 30.7 Å². The predicted octanol–water partition coefficient (Wildman–Crippen LogP) is 0.600. The molecule has 0 radical (unpaired) electrons. The van der Waals surface area contributed by atoms with E-state index in [1.54, 1.807) is 12.1 Å². The van der Waals surface area contributed by atoms with Gasteiger partial charge in [-0.25, -0.2) is 0 Å². The summed E-state index contributed by atoms with van der Waals surface area (Å²) in [5, 5.41) is 2.67. The van der Waals surface area contributed by atoms with Gasteiger partial charge < -0.3 is 16.8 Å². The number of hydrogen-bond acceptors (Lipinski definition) is 3. The topological polar surface area (TPSA) is 98.2 Å². The molecule has 0 saturated heterocycles. The molecule has 0 bridgehead atoms. The summed E-state index contributed by atoms with van der Waals surface area (Å²) in [5.74, 6) is -0.762. The van der Waals surface area contributed by atoms with Crippen molar-refractivity contribution in [3.8, 4) is 0 Å². The van der Waals surface area contributed by atoms with Crippen LogP contribution in [-0.4, -0.2) is 18.0 Å². The van der Waals surface area contributed by atoms with Gasteiger partial charge in [0.15, 0.2) is 0 Å². The SMILES string of the molecule is CCCC(N)NC(=O)c1ccc(C(N)=O)cc1. The number of hydrogen-bond donors (Lipinski definition) is 3. The minimum atomic E-state index is -0.514. The average Bonchev–Trinajstić information content (AvgIpc) is 2.29. The minimum Gasteiger partial charge on any atom is -0.366 e. The van der Waals surface area contributed by atoms with Crippen LogP contribution in [0.4, 0.5) is 0 Å². The smallest absolute Gasteiger partial charge is 0.252 e. The van der Waals surface area contributed by atoms with Crippen molar-refractivity contribution in [2.45, 2.75) is 25.9 Å². The molecule has 1 aromatic rings. The summed E-state index contributed by atoms with van der Waals surface area (Å²) >= 11 is 0. The zero-order valence-corrected chi connectivity index (χ0v) is 9.77. The molecule has 0 aliphatic heterocycles. The van der Waals surface area contributed by atoms with Gasteiger partial charge in [-0.3, -0.25) is 9.59 Å². The summed E-state index contributed by atoms with van der Waals surface area (Å²) in [7, 11) is 0. The molecule has 2 amide bonds. The Bertz CT molecular complexity index is 401. The summed E-state index contributed by atoms with van der Waals surface area (Å²) in [6.45, 7) is 1.99. The lowest BCUT2D eigenvalue weighted by molar-refractivity contribution is 0.0934. The number of nitrogens with two attached hydrogens (primary N) is 2. The van der Waals surface area contributed by atoms with Crippen molar-refractivity contribution in [1.82, 2.24) is 5.32 Å². The third-order valence-electron chi connectivity index (χ3n) is 2.35. The standard InChI is InChI=1S/C12H17N3O2/c1-2-3-10(13)15-12(17)9-6-4-8(5-7-9)11(14)16/h4-7,10H,2-3,13H2,1H3,(H2,14,16)(H,15,17). The largest absolute Gasteiger partial charge is 0.366 e. The van der Waals surface area contributed by atoms with Gasteiger partial charge in [0.2, 0.25) is 5.91 Å². The van der Waals surface area contributed by atoms with Crippen molar-refractivity contribution < 1.29 is 9.59 Å². The first-order valence-corrected chi connectivity index (χ1v) is 5.51. The molecular formula is C12H17N3O2. The van der Waals surface area contributed by atoms with Crippen LogP contribution in [-0.2, 0) is 0 Å². The Hall–Kier alpha value is -1.88. The molecule has 0 saturated carbocycles. The van der Waals surface area contributed by atoms with Crippen molar-refractivity contribution >= 4 is 11.8 Å². The van der Waals surface area contributed by atoms with Gasteiger partial charge in [-0.1, -0.05) is 13.3 Å². The number of carbonyl (C=O) groups excluding carboxylic acids is 2. The third-order valence-corrected chi connectivity index (χ3v) is 2.35. The molecule has 0 aliphatic carbocycles. The zero-order valence-electron chi connectivity index (χ0n) is 9.77. The van der Waals surface area contributed by atoms with Gasteiger partial charge >= 0.3 is 0 Å². The molecule has 5 heteroatoms. The van der Waals surface area contributed by atoms with Crippen LogP contribution in [0.5, 0.6) is 0 Å². The maximum absolute atomic E-state index is 11.7. The predicted molar refractivity (Wildman–Crippen MR) is 65.3 cm³/mol. The van der Waals surface area contributed by atoms with Crippen LogP contribution < -0.4 is 16.8 Å². The lowest BCUT2D eigenvalue weighted by atomic mass is 10.1. The fourth-order valence-corrected chi connectivity index (χ4v) is 1.42. The van der Waals surface area contributed by atoms with Gasteiger partial charge in [-0.2, -0.15) is 0 Å². The Labute approximate surface area is 100 Å². The van der Waals surface area contributed by atoms with Crippen LogP contribution in [0.3, 0.4) is 0 Å². The maximum atomic E-state index is 11.7. The highest BCUT2D eigenvalue weighted by atomic mass is 16.2. The third kappa shape index (κ3) is 3.88. The summed E-state index contributed by atoms with van der Waals surface area (Å²) in [6, 6.07) is 6.13.